The first-order valence-corrected chi connectivity index (χ1v) is 10.4. The lowest BCUT2D eigenvalue weighted by molar-refractivity contribution is -0.121. The van der Waals surface area contributed by atoms with Crippen LogP contribution in [0, 0.1) is 0 Å². The maximum absolute atomic E-state index is 12.2. The maximum atomic E-state index is 12.2. The van der Waals surface area contributed by atoms with E-state index in [1.54, 1.807) is 46.1 Å². The number of anilines is 1. The van der Waals surface area contributed by atoms with E-state index in [1.807, 2.05) is 30.3 Å². The third kappa shape index (κ3) is 9.51. The van der Waals surface area contributed by atoms with Crippen LogP contribution in [0.5, 0.6) is 5.75 Å². The van der Waals surface area contributed by atoms with E-state index >= 15 is 0 Å². The molecular weight excluding hydrogens is 410 g/mol. The first-order chi connectivity index (χ1) is 15.1. The van der Waals surface area contributed by atoms with Crippen LogP contribution in [0.4, 0.5) is 10.5 Å². The number of carbonyl (C=O) groups excluding carboxylic acids is 3. The van der Waals surface area contributed by atoms with Gasteiger partial charge >= 0.3 is 6.09 Å². The molecule has 0 radical (unpaired) electrons. The van der Waals surface area contributed by atoms with E-state index in [4.69, 9.17) is 9.47 Å². The molecule has 0 saturated heterocycles. The molecule has 0 aliphatic rings. The Hall–Kier alpha value is -3.55. The molecule has 8 nitrogen and oxygen atoms in total. The number of benzene rings is 2. The van der Waals surface area contributed by atoms with Crippen LogP contribution in [0.3, 0.4) is 0 Å². The van der Waals surface area contributed by atoms with Gasteiger partial charge in [0.1, 0.15) is 17.9 Å². The van der Waals surface area contributed by atoms with Crippen LogP contribution in [0.25, 0.3) is 0 Å². The van der Waals surface area contributed by atoms with Gasteiger partial charge in [0, 0.05) is 18.7 Å². The molecule has 2 rings (SSSR count). The number of methoxy groups -OCH3 is 1. The van der Waals surface area contributed by atoms with Gasteiger partial charge in [-0.15, -0.1) is 0 Å². The van der Waals surface area contributed by atoms with E-state index in [1.165, 1.54) is 0 Å². The fraction of sp³-hybridized carbons (Fsp3) is 0.375. The lowest BCUT2D eigenvalue weighted by Gasteiger charge is -2.19. The molecular formula is C24H31N3O5. The predicted molar refractivity (Wildman–Crippen MR) is 122 cm³/mol. The predicted octanol–water partition coefficient (Wildman–Crippen LogP) is 3.41. The van der Waals surface area contributed by atoms with Crippen LogP contribution < -0.4 is 20.7 Å². The minimum absolute atomic E-state index is 0.0659. The fourth-order valence-corrected chi connectivity index (χ4v) is 2.81. The van der Waals surface area contributed by atoms with Crippen molar-refractivity contribution in [1.29, 1.82) is 0 Å². The van der Waals surface area contributed by atoms with Gasteiger partial charge in [0.2, 0.25) is 11.8 Å². The van der Waals surface area contributed by atoms with E-state index < -0.39 is 11.7 Å². The molecule has 0 unspecified atom stereocenters. The van der Waals surface area contributed by atoms with Crippen molar-refractivity contribution in [2.45, 2.75) is 45.8 Å². The van der Waals surface area contributed by atoms with Gasteiger partial charge in [-0.25, -0.2) is 4.79 Å². The Morgan fingerprint density at radius 1 is 0.906 bits per heavy atom. The molecule has 0 aliphatic heterocycles. The minimum Gasteiger partial charge on any atom is -0.497 e. The highest BCUT2D eigenvalue weighted by Gasteiger charge is 2.16. The van der Waals surface area contributed by atoms with Gasteiger partial charge in [-0.2, -0.15) is 0 Å². The van der Waals surface area contributed by atoms with E-state index in [0.717, 1.165) is 16.9 Å². The number of aryl methyl sites for hydroxylation is 1. The number of ether oxygens (including phenoxy) is 2. The van der Waals surface area contributed by atoms with Gasteiger partial charge in [0.15, 0.2) is 0 Å². The number of rotatable bonds is 9. The number of amides is 3. The summed E-state index contributed by atoms with van der Waals surface area (Å²) in [6, 6.07) is 14.8. The Morgan fingerprint density at radius 3 is 2.34 bits per heavy atom. The summed E-state index contributed by atoms with van der Waals surface area (Å²) in [5, 5.41) is 8.01. The third-order valence-electron chi connectivity index (χ3n) is 4.27. The van der Waals surface area contributed by atoms with Gasteiger partial charge in [-0.1, -0.05) is 24.3 Å². The van der Waals surface area contributed by atoms with Crippen LogP contribution in [0.15, 0.2) is 48.5 Å². The van der Waals surface area contributed by atoms with Crippen LogP contribution in [0.2, 0.25) is 0 Å². The Morgan fingerprint density at radius 2 is 1.62 bits per heavy atom. The third-order valence-corrected chi connectivity index (χ3v) is 4.27. The van der Waals surface area contributed by atoms with Crippen molar-refractivity contribution >= 4 is 23.6 Å². The van der Waals surface area contributed by atoms with Crippen molar-refractivity contribution in [3.8, 4) is 5.75 Å². The molecule has 0 spiro atoms. The Bertz CT molecular complexity index is 937. The average Bonchev–Trinajstić information content (AvgIpc) is 2.74. The first kappa shape index (κ1) is 24.7. The van der Waals surface area contributed by atoms with Gasteiger partial charge in [-0.3, -0.25) is 9.59 Å². The summed E-state index contributed by atoms with van der Waals surface area (Å²) >= 11 is 0. The molecule has 0 heterocycles. The lowest BCUT2D eigenvalue weighted by Crippen LogP contribution is -2.37. The summed E-state index contributed by atoms with van der Waals surface area (Å²) in [5.41, 5.74) is 1.82. The van der Waals surface area contributed by atoms with Crippen LogP contribution in [-0.4, -0.2) is 37.2 Å². The summed E-state index contributed by atoms with van der Waals surface area (Å²) in [5.74, 6) is 0.321. The van der Waals surface area contributed by atoms with Crippen LogP contribution in [0.1, 0.15) is 38.3 Å². The quantitative estimate of drug-likeness (QED) is 0.553. The van der Waals surface area contributed by atoms with Crippen molar-refractivity contribution in [2.75, 3.05) is 19.0 Å². The van der Waals surface area contributed by atoms with E-state index in [9.17, 15) is 14.4 Å². The second-order valence-corrected chi connectivity index (χ2v) is 8.23. The van der Waals surface area contributed by atoms with Crippen molar-refractivity contribution in [2.24, 2.45) is 0 Å². The molecule has 3 N–H and O–H groups in total. The molecule has 0 bridgehead atoms. The molecule has 0 fully saturated rings. The van der Waals surface area contributed by atoms with E-state index in [2.05, 4.69) is 16.0 Å². The fourth-order valence-electron chi connectivity index (χ4n) is 2.81. The van der Waals surface area contributed by atoms with Crippen molar-refractivity contribution in [1.82, 2.24) is 10.6 Å². The highest BCUT2D eigenvalue weighted by atomic mass is 16.6. The maximum Gasteiger partial charge on any atom is 0.408 e. The molecule has 3 amide bonds. The number of hydrogen-bond donors (Lipinski definition) is 3. The molecule has 172 valence electrons. The largest absolute Gasteiger partial charge is 0.497 e. The summed E-state index contributed by atoms with van der Waals surface area (Å²) in [7, 11) is 1.61. The smallest absolute Gasteiger partial charge is 0.408 e. The Balaban J connectivity index is 1.76. The van der Waals surface area contributed by atoms with Crippen LogP contribution in [-0.2, 0) is 27.3 Å². The lowest BCUT2D eigenvalue weighted by atomic mass is 10.1. The summed E-state index contributed by atoms with van der Waals surface area (Å²) in [4.78, 5) is 35.9. The number of hydrogen-bond acceptors (Lipinski definition) is 5. The van der Waals surface area contributed by atoms with Crippen molar-refractivity contribution in [3.63, 3.8) is 0 Å². The topological polar surface area (TPSA) is 106 Å². The zero-order chi connectivity index (χ0) is 23.6. The standard InChI is InChI=1S/C24H31N3O5/c1-24(2,3)32-23(30)26-16-22(29)27-19-9-5-8-18(13-19)15-25-21(28)12-11-17-7-6-10-20(14-17)31-4/h5-10,13-14H,11-12,15-16H2,1-4H3,(H,25,28)(H,26,30)(H,27,29). The molecule has 2 aromatic carbocycles. The average molecular weight is 442 g/mol. The van der Waals surface area contributed by atoms with Gasteiger partial charge < -0.3 is 25.4 Å². The molecule has 0 aromatic heterocycles. The normalized spacial score (nSPS) is 10.8. The second kappa shape index (κ2) is 11.7. The molecule has 0 saturated carbocycles. The number of alkyl carbamates (subject to hydrolysis) is 1. The molecule has 8 heteroatoms. The second-order valence-electron chi connectivity index (χ2n) is 8.23. The Labute approximate surface area is 188 Å². The highest BCUT2D eigenvalue weighted by molar-refractivity contribution is 5.93. The summed E-state index contributed by atoms with van der Waals surface area (Å²) in [6.45, 7) is 5.37. The van der Waals surface area contributed by atoms with Gasteiger partial charge in [-0.05, 0) is 62.6 Å². The molecule has 0 atom stereocenters. The van der Waals surface area contributed by atoms with Crippen LogP contribution >= 0.6 is 0 Å². The summed E-state index contributed by atoms with van der Waals surface area (Å²) < 4.78 is 10.3. The SMILES string of the molecule is COc1cccc(CCC(=O)NCc2cccc(NC(=O)CNC(=O)OC(C)(C)C)c2)c1. The number of nitrogens with one attached hydrogen (secondary N) is 3. The molecule has 32 heavy (non-hydrogen) atoms. The Kier molecular flexibility index (Phi) is 9.07. The zero-order valence-corrected chi connectivity index (χ0v) is 19.0. The zero-order valence-electron chi connectivity index (χ0n) is 19.0. The first-order valence-electron chi connectivity index (χ1n) is 10.4. The molecule has 0 aliphatic carbocycles. The van der Waals surface area contributed by atoms with E-state index in [-0.39, 0.29) is 18.4 Å². The van der Waals surface area contributed by atoms with E-state index in [0.29, 0.717) is 25.1 Å². The summed E-state index contributed by atoms with van der Waals surface area (Å²) in [6.07, 6.45) is 0.321. The van der Waals surface area contributed by atoms with Crippen molar-refractivity contribution in [3.05, 3.63) is 59.7 Å². The van der Waals surface area contributed by atoms with Gasteiger partial charge in [0.05, 0.1) is 7.11 Å². The van der Waals surface area contributed by atoms with Gasteiger partial charge in [0.25, 0.3) is 0 Å². The molecule has 2 aromatic rings. The minimum atomic E-state index is -0.655. The van der Waals surface area contributed by atoms with Crippen molar-refractivity contribution < 1.29 is 23.9 Å². The number of carbonyl (C=O) groups is 3. The monoisotopic (exact) mass is 441 g/mol. The highest BCUT2D eigenvalue weighted by Crippen LogP contribution is 2.14.